The van der Waals surface area contributed by atoms with Gasteiger partial charge < -0.3 is 19.9 Å². The van der Waals surface area contributed by atoms with Crippen LogP contribution in [0.25, 0.3) is 0 Å². The molecule has 0 saturated carbocycles. The van der Waals surface area contributed by atoms with Crippen LogP contribution in [0.1, 0.15) is 12.5 Å². The number of hydrogen-bond donors (Lipinski definition) is 2. The van der Waals surface area contributed by atoms with E-state index in [-0.39, 0.29) is 12.5 Å². The molecule has 21 heavy (non-hydrogen) atoms. The molecule has 2 aromatic rings. The lowest BCUT2D eigenvalue weighted by atomic mass is 10.2. The molecule has 0 aliphatic carbocycles. The first-order chi connectivity index (χ1) is 10.2. The van der Waals surface area contributed by atoms with E-state index in [1.165, 1.54) is 13.3 Å². The van der Waals surface area contributed by atoms with E-state index in [1.807, 2.05) is 6.92 Å². The Labute approximate surface area is 127 Å². The van der Waals surface area contributed by atoms with Crippen LogP contribution in [0.4, 0.5) is 5.95 Å². The standard InChI is InChI=1S/C14H16ClN3O3/c1-3-16-14-17-7-10(15)13(18-14)21-11-5-4-9(8-19)6-12(11)20-2/h4-7,19H,3,8H2,1-2H3,(H,16,17,18). The average Bonchev–Trinajstić information content (AvgIpc) is 2.51. The van der Waals surface area contributed by atoms with Crippen molar-refractivity contribution in [2.75, 3.05) is 19.0 Å². The Morgan fingerprint density at radius 2 is 2.14 bits per heavy atom. The van der Waals surface area contributed by atoms with Gasteiger partial charge in [-0.2, -0.15) is 4.98 Å². The number of hydrogen-bond acceptors (Lipinski definition) is 6. The molecular formula is C14H16ClN3O3. The Hall–Kier alpha value is -2.05. The zero-order chi connectivity index (χ0) is 15.2. The molecule has 0 fully saturated rings. The minimum Gasteiger partial charge on any atom is -0.493 e. The summed E-state index contributed by atoms with van der Waals surface area (Å²) in [5.74, 6) is 1.61. The van der Waals surface area contributed by atoms with Crippen molar-refractivity contribution < 1.29 is 14.6 Å². The van der Waals surface area contributed by atoms with Gasteiger partial charge in [0.1, 0.15) is 5.02 Å². The normalized spacial score (nSPS) is 10.3. The maximum Gasteiger partial charge on any atom is 0.243 e. The fourth-order valence-electron chi connectivity index (χ4n) is 1.67. The van der Waals surface area contributed by atoms with Crippen LogP contribution < -0.4 is 14.8 Å². The van der Waals surface area contributed by atoms with Gasteiger partial charge in [0.05, 0.1) is 19.9 Å². The molecule has 6 nitrogen and oxygen atoms in total. The summed E-state index contributed by atoms with van der Waals surface area (Å²) in [7, 11) is 1.52. The van der Waals surface area contributed by atoms with Gasteiger partial charge in [-0.15, -0.1) is 0 Å². The van der Waals surface area contributed by atoms with Crippen LogP contribution in [0.5, 0.6) is 17.4 Å². The van der Waals surface area contributed by atoms with Crippen LogP contribution in [0.2, 0.25) is 5.02 Å². The van der Waals surface area contributed by atoms with Gasteiger partial charge in [0, 0.05) is 6.54 Å². The van der Waals surface area contributed by atoms with Crippen LogP contribution in [0.15, 0.2) is 24.4 Å². The van der Waals surface area contributed by atoms with E-state index < -0.39 is 0 Å². The Balaban J connectivity index is 2.31. The summed E-state index contributed by atoms with van der Waals surface area (Å²) in [6, 6.07) is 5.11. The summed E-state index contributed by atoms with van der Waals surface area (Å²) in [5, 5.41) is 12.4. The Morgan fingerprint density at radius 1 is 1.33 bits per heavy atom. The van der Waals surface area contributed by atoms with Crippen LogP contribution >= 0.6 is 11.6 Å². The van der Waals surface area contributed by atoms with Crippen molar-refractivity contribution in [2.45, 2.75) is 13.5 Å². The summed E-state index contributed by atoms with van der Waals surface area (Å²) >= 11 is 6.04. The number of benzene rings is 1. The molecule has 0 amide bonds. The molecule has 0 saturated heterocycles. The zero-order valence-electron chi connectivity index (χ0n) is 11.8. The monoisotopic (exact) mass is 309 g/mol. The van der Waals surface area contributed by atoms with Crippen LogP contribution in [-0.2, 0) is 6.61 Å². The number of aliphatic hydroxyl groups is 1. The Bertz CT molecular complexity index is 622. The van der Waals surface area contributed by atoms with Crippen molar-refractivity contribution in [1.82, 2.24) is 9.97 Å². The second kappa shape index (κ2) is 7.10. The number of nitrogens with one attached hydrogen (secondary N) is 1. The molecule has 0 spiro atoms. The van der Waals surface area contributed by atoms with Gasteiger partial charge in [0.15, 0.2) is 11.5 Å². The largest absolute Gasteiger partial charge is 0.493 e. The van der Waals surface area contributed by atoms with Gasteiger partial charge in [-0.3, -0.25) is 0 Å². The number of anilines is 1. The first-order valence-electron chi connectivity index (χ1n) is 6.40. The number of nitrogens with zero attached hydrogens (tertiary/aromatic N) is 2. The highest BCUT2D eigenvalue weighted by atomic mass is 35.5. The number of halogens is 1. The molecule has 0 radical (unpaired) electrons. The topological polar surface area (TPSA) is 76.5 Å². The molecule has 0 aliphatic heterocycles. The molecule has 112 valence electrons. The smallest absolute Gasteiger partial charge is 0.243 e. The molecule has 2 N–H and O–H groups in total. The molecule has 1 heterocycles. The zero-order valence-corrected chi connectivity index (χ0v) is 12.5. The summed E-state index contributed by atoms with van der Waals surface area (Å²) in [4.78, 5) is 8.24. The van der Waals surface area contributed by atoms with E-state index in [1.54, 1.807) is 18.2 Å². The van der Waals surface area contributed by atoms with E-state index >= 15 is 0 Å². The highest BCUT2D eigenvalue weighted by Gasteiger charge is 2.12. The van der Waals surface area contributed by atoms with E-state index in [9.17, 15) is 0 Å². The number of aliphatic hydroxyl groups excluding tert-OH is 1. The molecule has 0 unspecified atom stereocenters. The lowest BCUT2D eigenvalue weighted by molar-refractivity contribution is 0.280. The predicted molar refractivity (Wildman–Crippen MR) is 80.2 cm³/mol. The van der Waals surface area contributed by atoms with Gasteiger partial charge >= 0.3 is 0 Å². The predicted octanol–water partition coefficient (Wildman–Crippen LogP) is 2.86. The third kappa shape index (κ3) is 3.74. The summed E-state index contributed by atoms with van der Waals surface area (Å²) in [6.45, 7) is 2.56. The maximum absolute atomic E-state index is 9.13. The van der Waals surface area contributed by atoms with E-state index in [2.05, 4.69) is 15.3 Å². The minimum atomic E-state index is -0.0739. The van der Waals surface area contributed by atoms with Gasteiger partial charge in [-0.25, -0.2) is 4.98 Å². The van der Waals surface area contributed by atoms with Crippen LogP contribution in [0, 0.1) is 0 Å². The second-order valence-electron chi connectivity index (χ2n) is 4.12. The SMILES string of the molecule is CCNc1ncc(Cl)c(Oc2ccc(CO)cc2OC)n1. The van der Waals surface area contributed by atoms with Gasteiger partial charge in [-0.05, 0) is 24.6 Å². The molecular weight excluding hydrogens is 294 g/mol. The van der Waals surface area contributed by atoms with E-state index in [4.69, 9.17) is 26.2 Å². The van der Waals surface area contributed by atoms with Gasteiger partial charge in [-0.1, -0.05) is 17.7 Å². The lowest BCUT2D eigenvalue weighted by Crippen LogP contribution is -2.03. The third-order valence-corrected chi connectivity index (χ3v) is 2.92. The lowest BCUT2D eigenvalue weighted by Gasteiger charge is -2.12. The summed E-state index contributed by atoms with van der Waals surface area (Å²) in [5.41, 5.74) is 0.723. The van der Waals surface area contributed by atoms with Crippen molar-refractivity contribution in [2.24, 2.45) is 0 Å². The molecule has 7 heteroatoms. The fourth-order valence-corrected chi connectivity index (χ4v) is 1.79. The van der Waals surface area contributed by atoms with E-state index in [0.717, 1.165) is 5.56 Å². The number of methoxy groups -OCH3 is 1. The summed E-state index contributed by atoms with van der Waals surface area (Å²) < 4.78 is 10.9. The van der Waals surface area contributed by atoms with Gasteiger partial charge in [0.2, 0.25) is 11.8 Å². The maximum atomic E-state index is 9.13. The molecule has 0 aliphatic rings. The fraction of sp³-hybridized carbons (Fsp3) is 0.286. The van der Waals surface area contributed by atoms with Crippen molar-refractivity contribution >= 4 is 17.5 Å². The van der Waals surface area contributed by atoms with Crippen molar-refractivity contribution in [3.63, 3.8) is 0 Å². The quantitative estimate of drug-likeness (QED) is 0.854. The van der Waals surface area contributed by atoms with Gasteiger partial charge in [0.25, 0.3) is 0 Å². The summed E-state index contributed by atoms with van der Waals surface area (Å²) in [6.07, 6.45) is 1.47. The Kier molecular flexibility index (Phi) is 5.19. The Morgan fingerprint density at radius 3 is 2.81 bits per heavy atom. The highest BCUT2D eigenvalue weighted by Crippen LogP contribution is 2.34. The van der Waals surface area contributed by atoms with E-state index in [0.29, 0.717) is 29.0 Å². The van der Waals surface area contributed by atoms with Crippen molar-refractivity contribution in [1.29, 1.82) is 0 Å². The number of ether oxygens (including phenoxy) is 2. The number of rotatable bonds is 6. The van der Waals surface area contributed by atoms with Crippen molar-refractivity contribution in [3.8, 4) is 17.4 Å². The molecule has 0 bridgehead atoms. The first-order valence-corrected chi connectivity index (χ1v) is 6.77. The number of aromatic nitrogens is 2. The minimum absolute atomic E-state index is 0.0739. The highest BCUT2D eigenvalue weighted by molar-refractivity contribution is 6.31. The first kappa shape index (κ1) is 15.3. The molecule has 1 aromatic heterocycles. The van der Waals surface area contributed by atoms with Crippen LogP contribution in [-0.4, -0.2) is 28.7 Å². The van der Waals surface area contributed by atoms with Crippen molar-refractivity contribution in [3.05, 3.63) is 35.0 Å². The average molecular weight is 310 g/mol. The second-order valence-corrected chi connectivity index (χ2v) is 4.53. The third-order valence-electron chi connectivity index (χ3n) is 2.66. The van der Waals surface area contributed by atoms with Crippen LogP contribution in [0.3, 0.4) is 0 Å². The molecule has 1 aromatic carbocycles. The molecule has 2 rings (SSSR count). The molecule has 0 atom stereocenters.